The molecule has 4 aromatic rings. The summed E-state index contributed by atoms with van der Waals surface area (Å²) < 4.78 is 26.8. The van der Waals surface area contributed by atoms with Gasteiger partial charge in [-0.05, 0) is 31.2 Å². The van der Waals surface area contributed by atoms with Gasteiger partial charge >= 0.3 is 0 Å². The average molecular weight is 612 g/mol. The minimum absolute atomic E-state index is 0.00214. The molecule has 0 saturated heterocycles. The Kier molecular flexibility index (Phi) is 8.29. The first kappa shape index (κ1) is 26.9. The minimum atomic E-state index is -0.552. The highest BCUT2D eigenvalue weighted by Crippen LogP contribution is 2.48. The van der Waals surface area contributed by atoms with Gasteiger partial charge < -0.3 is 14.5 Å². The molecule has 0 saturated carbocycles. The molecule has 0 fully saturated rings. The summed E-state index contributed by atoms with van der Waals surface area (Å²) in [4.78, 5) is 12.7. The summed E-state index contributed by atoms with van der Waals surface area (Å²) in [6.45, 7) is 1.74. The van der Waals surface area contributed by atoms with Crippen LogP contribution in [0.4, 0.5) is 10.2 Å². The Hall–Kier alpha value is -2.13. The summed E-state index contributed by atoms with van der Waals surface area (Å²) in [7, 11) is 0. The summed E-state index contributed by atoms with van der Waals surface area (Å²) in [5.74, 6) is -0.422. The molecule has 0 aliphatic heterocycles. The van der Waals surface area contributed by atoms with Gasteiger partial charge in [-0.3, -0.25) is 9.48 Å². The summed E-state index contributed by atoms with van der Waals surface area (Å²) in [5.41, 5.74) is 0.981. The van der Waals surface area contributed by atoms with Crippen LogP contribution in [0.25, 0.3) is 0 Å². The van der Waals surface area contributed by atoms with Gasteiger partial charge in [0.15, 0.2) is 17.3 Å². The van der Waals surface area contributed by atoms with Crippen LogP contribution in [0, 0.1) is 12.7 Å². The molecule has 0 bridgehead atoms. The molecule has 0 aliphatic rings. The fraction of sp³-hybridized carbons (Fsp3) is 0.130. The number of ether oxygens (including phenoxy) is 1. The lowest BCUT2D eigenvalue weighted by Crippen LogP contribution is -2.12. The lowest BCUT2D eigenvalue weighted by atomic mass is 10.2. The van der Waals surface area contributed by atoms with E-state index >= 15 is 0 Å². The number of hydrogen-bond acceptors (Lipinski definition) is 4. The largest absolute Gasteiger partial charge is 0.482 e. The molecule has 36 heavy (non-hydrogen) atoms. The van der Waals surface area contributed by atoms with Crippen LogP contribution in [-0.2, 0) is 13.2 Å². The van der Waals surface area contributed by atoms with Crippen molar-refractivity contribution in [2.24, 2.45) is 0 Å². The number of carbonyl (C=O) groups excluding carboxylic acids is 1. The zero-order valence-corrected chi connectivity index (χ0v) is 22.7. The van der Waals surface area contributed by atoms with Crippen molar-refractivity contribution in [3.63, 3.8) is 0 Å². The van der Waals surface area contributed by atoms with E-state index in [4.69, 9.17) is 78.8 Å². The van der Waals surface area contributed by atoms with E-state index in [0.717, 1.165) is 0 Å². The fourth-order valence-electron chi connectivity index (χ4n) is 3.17. The molecule has 0 atom stereocenters. The first-order chi connectivity index (χ1) is 17.1. The second-order valence-electron chi connectivity index (χ2n) is 7.44. The van der Waals surface area contributed by atoms with Crippen LogP contribution in [0.2, 0.25) is 30.1 Å². The van der Waals surface area contributed by atoms with Crippen LogP contribution < -0.4 is 10.1 Å². The third kappa shape index (κ3) is 5.57. The number of aryl methyl sites for hydroxylation is 1. The van der Waals surface area contributed by atoms with Crippen molar-refractivity contribution in [1.82, 2.24) is 9.78 Å². The van der Waals surface area contributed by atoms with Crippen LogP contribution in [0.5, 0.6) is 5.75 Å². The Morgan fingerprint density at radius 1 is 1.03 bits per heavy atom. The second kappa shape index (κ2) is 11.1. The Bertz CT molecular complexity index is 1420. The zero-order valence-electron chi connectivity index (χ0n) is 18.1. The number of halogens is 7. The van der Waals surface area contributed by atoms with Gasteiger partial charge in [0, 0.05) is 22.3 Å². The maximum Gasteiger partial charge on any atom is 0.292 e. The van der Waals surface area contributed by atoms with E-state index in [-0.39, 0.29) is 60.6 Å². The van der Waals surface area contributed by atoms with Crippen molar-refractivity contribution >= 4 is 81.3 Å². The molecular formula is C23H14Cl6FN3O3. The highest BCUT2D eigenvalue weighted by molar-refractivity contribution is 6.55. The van der Waals surface area contributed by atoms with Crippen LogP contribution in [0.1, 0.15) is 27.6 Å². The Morgan fingerprint density at radius 2 is 1.69 bits per heavy atom. The van der Waals surface area contributed by atoms with E-state index in [1.54, 1.807) is 25.1 Å². The molecule has 0 spiro atoms. The number of rotatable bonds is 7. The van der Waals surface area contributed by atoms with Crippen molar-refractivity contribution in [2.75, 3.05) is 5.32 Å². The molecule has 2 aromatic heterocycles. The molecule has 1 amide bonds. The molecular weight excluding hydrogens is 598 g/mol. The van der Waals surface area contributed by atoms with E-state index in [1.165, 1.54) is 22.9 Å². The van der Waals surface area contributed by atoms with E-state index in [0.29, 0.717) is 17.0 Å². The monoisotopic (exact) mass is 609 g/mol. The molecule has 2 heterocycles. The smallest absolute Gasteiger partial charge is 0.292 e. The van der Waals surface area contributed by atoms with Crippen molar-refractivity contribution in [3.8, 4) is 5.75 Å². The highest BCUT2D eigenvalue weighted by Gasteiger charge is 2.21. The number of benzene rings is 2. The number of furan rings is 1. The number of nitrogens with zero attached hydrogens (tertiary/aromatic N) is 2. The Morgan fingerprint density at radius 3 is 2.36 bits per heavy atom. The van der Waals surface area contributed by atoms with E-state index in [1.807, 2.05) is 0 Å². The van der Waals surface area contributed by atoms with Crippen molar-refractivity contribution < 1.29 is 18.3 Å². The van der Waals surface area contributed by atoms with E-state index in [2.05, 4.69) is 10.4 Å². The summed E-state index contributed by atoms with van der Waals surface area (Å²) in [6, 6.07) is 9.07. The molecule has 2 aromatic carbocycles. The van der Waals surface area contributed by atoms with Crippen LogP contribution in [0.15, 0.2) is 40.8 Å². The molecule has 0 unspecified atom stereocenters. The second-order valence-corrected chi connectivity index (χ2v) is 9.73. The fourth-order valence-corrected chi connectivity index (χ4v) is 4.63. The number of anilines is 1. The third-order valence-electron chi connectivity index (χ3n) is 5.01. The zero-order chi connectivity index (χ0) is 26.1. The van der Waals surface area contributed by atoms with Crippen molar-refractivity contribution in [1.29, 1.82) is 0 Å². The maximum absolute atomic E-state index is 14.1. The molecule has 0 aliphatic carbocycles. The number of amides is 1. The van der Waals surface area contributed by atoms with Gasteiger partial charge in [0.2, 0.25) is 0 Å². The summed E-state index contributed by atoms with van der Waals surface area (Å²) >= 11 is 36.5. The molecule has 4 rings (SSSR count). The first-order valence-electron chi connectivity index (χ1n) is 10.1. The molecule has 13 heteroatoms. The van der Waals surface area contributed by atoms with Gasteiger partial charge in [0.05, 0.1) is 21.6 Å². The van der Waals surface area contributed by atoms with Crippen molar-refractivity contribution in [3.05, 3.63) is 95.1 Å². The predicted molar refractivity (Wildman–Crippen MR) is 140 cm³/mol. The standard InChI is InChI=1S/C23H14Cl6FN3O3/c1-10-7-16(32-33(10)8-12-13(24)3-2-4-14(12)30)31-23(34)15-6-5-11(36-15)9-35-22-20(28)18(26)17(25)19(27)21(22)29/h2-7H,8-9H2,1H3,(H,31,32,34). The summed E-state index contributed by atoms with van der Waals surface area (Å²) in [5, 5.41) is 7.20. The molecule has 6 nitrogen and oxygen atoms in total. The lowest BCUT2D eigenvalue weighted by molar-refractivity contribution is 0.0992. The van der Waals surface area contributed by atoms with Gasteiger partial charge in [-0.1, -0.05) is 75.7 Å². The number of carbonyl (C=O) groups is 1. The van der Waals surface area contributed by atoms with Crippen LogP contribution >= 0.6 is 69.6 Å². The number of hydrogen-bond donors (Lipinski definition) is 1. The van der Waals surface area contributed by atoms with E-state index in [9.17, 15) is 9.18 Å². The molecule has 188 valence electrons. The lowest BCUT2D eigenvalue weighted by Gasteiger charge is -2.12. The van der Waals surface area contributed by atoms with Gasteiger partial charge in [-0.15, -0.1) is 0 Å². The van der Waals surface area contributed by atoms with Gasteiger partial charge in [-0.25, -0.2) is 4.39 Å². The van der Waals surface area contributed by atoms with Crippen molar-refractivity contribution in [2.45, 2.75) is 20.1 Å². The molecule has 0 radical (unpaired) electrons. The first-order valence-corrected chi connectivity index (χ1v) is 12.3. The Labute approximate surface area is 234 Å². The van der Waals surface area contributed by atoms with Gasteiger partial charge in [0.25, 0.3) is 5.91 Å². The van der Waals surface area contributed by atoms with Crippen LogP contribution in [0.3, 0.4) is 0 Å². The molecule has 1 N–H and O–H groups in total. The number of nitrogens with one attached hydrogen (secondary N) is 1. The average Bonchev–Trinajstić information content (AvgIpc) is 3.45. The van der Waals surface area contributed by atoms with E-state index < -0.39 is 11.7 Å². The van der Waals surface area contributed by atoms with Crippen LogP contribution in [-0.4, -0.2) is 15.7 Å². The SMILES string of the molecule is Cc1cc(NC(=O)c2ccc(COc3c(Cl)c(Cl)c(Cl)c(Cl)c3Cl)o2)nn1Cc1c(F)cccc1Cl. The Balaban J connectivity index is 1.43. The maximum atomic E-state index is 14.1. The predicted octanol–water partition coefficient (Wildman–Crippen LogP) is 8.72. The van der Waals surface area contributed by atoms with Gasteiger partial charge in [-0.2, -0.15) is 5.10 Å². The summed E-state index contributed by atoms with van der Waals surface area (Å²) in [6.07, 6.45) is 0. The highest BCUT2D eigenvalue weighted by atomic mass is 35.5. The van der Waals surface area contributed by atoms with Gasteiger partial charge in [0.1, 0.15) is 28.2 Å². The normalized spacial score (nSPS) is 11.1. The minimum Gasteiger partial charge on any atom is -0.482 e. The topological polar surface area (TPSA) is 69.3 Å². The quantitative estimate of drug-likeness (QED) is 0.168. The third-order valence-corrected chi connectivity index (χ3v) is 7.60. The number of aromatic nitrogens is 2.